The van der Waals surface area contributed by atoms with Gasteiger partial charge >= 0.3 is 0 Å². The number of rotatable bonds is 9. The summed E-state index contributed by atoms with van der Waals surface area (Å²) < 4.78 is 10.6. The fourth-order valence-electron chi connectivity index (χ4n) is 2.95. The zero-order valence-electron chi connectivity index (χ0n) is 19.1. The van der Waals surface area contributed by atoms with E-state index in [1.807, 2.05) is 52.0 Å². The van der Waals surface area contributed by atoms with Gasteiger partial charge in [-0.25, -0.2) is 0 Å². The molecule has 0 aliphatic heterocycles. The van der Waals surface area contributed by atoms with Crippen LogP contribution in [0.25, 0.3) is 0 Å². The van der Waals surface area contributed by atoms with Gasteiger partial charge in [-0.1, -0.05) is 33.8 Å². The number of ether oxygens (including phenoxy) is 2. The number of benzene rings is 2. The van der Waals surface area contributed by atoms with Crippen LogP contribution in [0.1, 0.15) is 40.5 Å². The Morgan fingerprint density at radius 1 is 1.03 bits per heavy atom. The predicted octanol–water partition coefficient (Wildman–Crippen LogP) is 5.59. The minimum atomic E-state index is -0.309. The molecule has 0 spiro atoms. The molecule has 0 aliphatic rings. The van der Waals surface area contributed by atoms with E-state index in [1.165, 1.54) is 11.8 Å². The van der Waals surface area contributed by atoms with Gasteiger partial charge in [-0.15, -0.1) is 11.8 Å². The second kappa shape index (κ2) is 11.1. The van der Waals surface area contributed by atoms with Crippen molar-refractivity contribution in [2.24, 2.45) is 5.41 Å². The van der Waals surface area contributed by atoms with Crippen LogP contribution in [-0.2, 0) is 9.59 Å². The Hall–Kier alpha value is -2.67. The lowest BCUT2D eigenvalue weighted by Gasteiger charge is -2.18. The summed E-state index contributed by atoms with van der Waals surface area (Å²) in [6.07, 6.45) is 1.08. The zero-order valence-corrected chi connectivity index (χ0v) is 19.9. The average molecular weight is 445 g/mol. The number of methoxy groups -OCH3 is 2. The quantitative estimate of drug-likeness (QED) is 0.493. The van der Waals surface area contributed by atoms with Crippen molar-refractivity contribution in [3.63, 3.8) is 0 Å². The molecule has 168 valence electrons. The maximum atomic E-state index is 12.9. The fraction of sp³-hybridized carbons (Fsp3) is 0.417. The number of carbonyl (C=O) groups excluding carboxylic acids is 2. The summed E-state index contributed by atoms with van der Waals surface area (Å²) in [5, 5.41) is 5.58. The van der Waals surface area contributed by atoms with E-state index in [0.717, 1.165) is 10.6 Å². The van der Waals surface area contributed by atoms with Crippen LogP contribution in [0.4, 0.5) is 11.4 Å². The van der Waals surface area contributed by atoms with Crippen LogP contribution in [0.5, 0.6) is 11.5 Å². The van der Waals surface area contributed by atoms with Gasteiger partial charge in [-0.3, -0.25) is 9.59 Å². The largest absolute Gasteiger partial charge is 0.497 e. The average Bonchev–Trinajstić information content (AvgIpc) is 2.70. The third-order valence-electron chi connectivity index (χ3n) is 4.41. The SMILES string of the molecule is CCC(Sc1cccc(NC(=O)CC(C)(C)C)c1)C(=O)Nc1cc(OC)ccc1OC. The molecule has 0 heterocycles. The first kappa shape index (κ1) is 24.6. The number of hydrogen-bond acceptors (Lipinski definition) is 5. The van der Waals surface area contributed by atoms with E-state index in [4.69, 9.17) is 9.47 Å². The van der Waals surface area contributed by atoms with Gasteiger partial charge in [0.05, 0.1) is 25.2 Å². The van der Waals surface area contributed by atoms with Crippen LogP contribution in [0.15, 0.2) is 47.4 Å². The smallest absolute Gasteiger partial charge is 0.237 e. The number of thioether (sulfide) groups is 1. The summed E-state index contributed by atoms with van der Waals surface area (Å²) in [6, 6.07) is 12.8. The summed E-state index contributed by atoms with van der Waals surface area (Å²) in [5.41, 5.74) is 1.21. The summed E-state index contributed by atoms with van der Waals surface area (Å²) in [7, 11) is 3.13. The zero-order chi connectivity index (χ0) is 23.0. The van der Waals surface area contributed by atoms with Crippen LogP contribution < -0.4 is 20.1 Å². The van der Waals surface area contributed by atoms with E-state index in [2.05, 4.69) is 10.6 Å². The molecule has 0 saturated carbocycles. The van der Waals surface area contributed by atoms with E-state index < -0.39 is 0 Å². The standard InChI is InChI=1S/C24H32N2O4S/c1-7-21(23(28)26-19-14-17(29-5)11-12-20(19)30-6)31-18-10-8-9-16(13-18)25-22(27)15-24(2,3)4/h8-14,21H,7,15H2,1-6H3,(H,25,27)(H,26,28). The number of hydrogen-bond donors (Lipinski definition) is 2. The highest BCUT2D eigenvalue weighted by Gasteiger charge is 2.20. The van der Waals surface area contributed by atoms with Gasteiger partial charge < -0.3 is 20.1 Å². The van der Waals surface area contributed by atoms with Crippen molar-refractivity contribution in [2.75, 3.05) is 24.9 Å². The number of anilines is 2. The van der Waals surface area contributed by atoms with Gasteiger partial charge in [0.25, 0.3) is 0 Å². The summed E-state index contributed by atoms with van der Waals surface area (Å²) in [5.74, 6) is 1.05. The van der Waals surface area contributed by atoms with E-state index in [9.17, 15) is 9.59 Å². The minimum absolute atomic E-state index is 0.0236. The summed E-state index contributed by atoms with van der Waals surface area (Å²) in [6.45, 7) is 8.05. The van der Waals surface area contributed by atoms with Crippen molar-refractivity contribution in [2.45, 2.75) is 50.7 Å². The highest BCUT2D eigenvalue weighted by molar-refractivity contribution is 8.00. The van der Waals surface area contributed by atoms with Crippen LogP contribution in [0, 0.1) is 5.41 Å². The highest BCUT2D eigenvalue weighted by atomic mass is 32.2. The van der Waals surface area contributed by atoms with Crippen molar-refractivity contribution < 1.29 is 19.1 Å². The van der Waals surface area contributed by atoms with Crippen LogP contribution in [-0.4, -0.2) is 31.3 Å². The van der Waals surface area contributed by atoms with Gasteiger partial charge in [-0.05, 0) is 42.2 Å². The fourth-order valence-corrected chi connectivity index (χ4v) is 3.96. The molecule has 2 rings (SSSR count). The normalized spacial score (nSPS) is 12.1. The maximum absolute atomic E-state index is 12.9. The van der Waals surface area contributed by atoms with E-state index in [1.54, 1.807) is 32.4 Å². The summed E-state index contributed by atoms with van der Waals surface area (Å²) in [4.78, 5) is 26.1. The van der Waals surface area contributed by atoms with Gasteiger partial charge in [0, 0.05) is 23.1 Å². The molecule has 0 fully saturated rings. The summed E-state index contributed by atoms with van der Waals surface area (Å²) >= 11 is 1.46. The minimum Gasteiger partial charge on any atom is -0.497 e. The molecule has 31 heavy (non-hydrogen) atoms. The number of nitrogens with one attached hydrogen (secondary N) is 2. The van der Waals surface area contributed by atoms with E-state index in [-0.39, 0.29) is 22.5 Å². The lowest BCUT2D eigenvalue weighted by Crippen LogP contribution is -2.24. The Bertz CT molecular complexity index is 909. The van der Waals surface area contributed by atoms with Crippen molar-refractivity contribution in [1.82, 2.24) is 0 Å². The van der Waals surface area contributed by atoms with Gasteiger partial charge in [0.2, 0.25) is 11.8 Å². The van der Waals surface area contributed by atoms with Crippen molar-refractivity contribution in [3.05, 3.63) is 42.5 Å². The monoisotopic (exact) mass is 444 g/mol. The molecule has 6 nitrogen and oxygen atoms in total. The van der Waals surface area contributed by atoms with E-state index >= 15 is 0 Å². The molecule has 1 atom stereocenters. The molecule has 7 heteroatoms. The molecule has 2 amide bonds. The van der Waals surface area contributed by atoms with E-state index in [0.29, 0.717) is 30.0 Å². The van der Waals surface area contributed by atoms with Crippen LogP contribution >= 0.6 is 11.8 Å². The topological polar surface area (TPSA) is 76.7 Å². The number of amides is 2. The third kappa shape index (κ3) is 7.83. The van der Waals surface area contributed by atoms with Crippen molar-refractivity contribution in [1.29, 1.82) is 0 Å². The third-order valence-corrected chi connectivity index (χ3v) is 5.77. The lowest BCUT2D eigenvalue weighted by molar-refractivity contribution is -0.118. The predicted molar refractivity (Wildman–Crippen MR) is 127 cm³/mol. The second-order valence-corrected chi connectivity index (χ2v) is 9.66. The maximum Gasteiger partial charge on any atom is 0.237 e. The molecule has 2 N–H and O–H groups in total. The molecule has 0 saturated heterocycles. The first-order chi connectivity index (χ1) is 14.6. The first-order valence-corrected chi connectivity index (χ1v) is 11.1. The Morgan fingerprint density at radius 3 is 2.39 bits per heavy atom. The van der Waals surface area contributed by atoms with Gasteiger partial charge in [-0.2, -0.15) is 0 Å². The highest BCUT2D eigenvalue weighted by Crippen LogP contribution is 2.32. The number of carbonyl (C=O) groups is 2. The van der Waals surface area contributed by atoms with Crippen molar-refractivity contribution >= 4 is 35.0 Å². The Kier molecular flexibility index (Phi) is 8.80. The molecule has 0 aliphatic carbocycles. The van der Waals surface area contributed by atoms with Gasteiger partial charge in [0.15, 0.2) is 0 Å². The molecule has 0 bridgehead atoms. The molecular weight excluding hydrogens is 412 g/mol. The molecular formula is C24H32N2O4S. The van der Waals surface area contributed by atoms with Crippen molar-refractivity contribution in [3.8, 4) is 11.5 Å². The van der Waals surface area contributed by atoms with Crippen LogP contribution in [0.3, 0.4) is 0 Å². The molecule has 0 radical (unpaired) electrons. The molecule has 1 unspecified atom stereocenters. The first-order valence-electron chi connectivity index (χ1n) is 10.2. The second-order valence-electron chi connectivity index (χ2n) is 8.38. The molecule has 0 aromatic heterocycles. The Labute approximate surface area is 189 Å². The van der Waals surface area contributed by atoms with Crippen LogP contribution in [0.2, 0.25) is 0 Å². The lowest BCUT2D eigenvalue weighted by atomic mass is 9.92. The Balaban J connectivity index is 2.09. The molecule has 2 aromatic rings. The molecule has 2 aromatic carbocycles. The van der Waals surface area contributed by atoms with Gasteiger partial charge in [0.1, 0.15) is 11.5 Å². The Morgan fingerprint density at radius 2 is 1.77 bits per heavy atom.